The van der Waals surface area contributed by atoms with E-state index < -0.39 is 0 Å². The van der Waals surface area contributed by atoms with Crippen molar-refractivity contribution in [3.63, 3.8) is 0 Å². The average molecular weight is 1020 g/mol. The van der Waals surface area contributed by atoms with Gasteiger partial charge in [0.1, 0.15) is 0 Å². The highest BCUT2D eigenvalue weighted by Crippen LogP contribution is 2.49. The predicted molar refractivity (Wildman–Crippen MR) is 343 cm³/mol. The van der Waals surface area contributed by atoms with Gasteiger partial charge in [0, 0.05) is 34.1 Å². The van der Waals surface area contributed by atoms with Gasteiger partial charge in [-0.05, 0) is 173 Å². The van der Waals surface area contributed by atoms with Crippen molar-refractivity contribution in [3.8, 4) is 44.5 Å². The molecule has 0 aromatic heterocycles. The van der Waals surface area contributed by atoms with E-state index in [1.807, 2.05) is 0 Å². The van der Waals surface area contributed by atoms with Crippen molar-refractivity contribution >= 4 is 80.0 Å². The largest absolute Gasteiger partial charge is 0.310 e. The number of fused-ring (bicyclic) bond motifs is 2. The fraction of sp³-hybridized carbons (Fsp3) is 0. The molecule has 13 aromatic carbocycles. The summed E-state index contributed by atoms with van der Waals surface area (Å²) in [6.45, 7) is 0. The Morgan fingerprint density at radius 2 is 0.450 bits per heavy atom. The molecule has 0 saturated heterocycles. The van der Waals surface area contributed by atoms with Gasteiger partial charge in [-0.2, -0.15) is 0 Å². The third-order valence-electron chi connectivity index (χ3n) is 15.0. The maximum absolute atomic E-state index is 2.43. The lowest BCUT2D eigenvalue weighted by molar-refractivity contribution is 1.29. The van der Waals surface area contributed by atoms with Gasteiger partial charge in [-0.1, -0.05) is 255 Å². The summed E-state index contributed by atoms with van der Waals surface area (Å²) in [5.41, 5.74) is 20.4. The van der Waals surface area contributed by atoms with Crippen molar-refractivity contribution in [2.24, 2.45) is 0 Å². The topological polar surface area (TPSA) is 6.48 Å². The fourth-order valence-electron chi connectivity index (χ4n) is 11.1. The molecule has 0 amide bonds. The Morgan fingerprint density at radius 1 is 0.175 bits per heavy atom. The highest BCUT2D eigenvalue weighted by Gasteiger charge is 2.23. The number of hydrogen-bond donors (Lipinski definition) is 0. The molecule has 0 atom stereocenters. The van der Waals surface area contributed by atoms with Gasteiger partial charge < -0.3 is 9.80 Å². The van der Waals surface area contributed by atoms with Crippen LogP contribution in [0.25, 0.3) is 90.4 Å². The van der Waals surface area contributed by atoms with Gasteiger partial charge in [0.05, 0.1) is 0 Å². The third kappa shape index (κ3) is 10.4. The van der Waals surface area contributed by atoms with Gasteiger partial charge in [-0.3, -0.25) is 0 Å². The van der Waals surface area contributed by atoms with Crippen LogP contribution in [0.15, 0.2) is 315 Å². The van der Waals surface area contributed by atoms with Crippen LogP contribution in [0.2, 0.25) is 0 Å². The van der Waals surface area contributed by atoms with E-state index >= 15 is 0 Å². The second-order valence-corrected chi connectivity index (χ2v) is 20.1. The third-order valence-corrected chi connectivity index (χ3v) is 15.0. The highest BCUT2D eigenvalue weighted by molar-refractivity contribution is 6.23. The Bertz CT molecular complexity index is 4010. The molecule has 13 rings (SSSR count). The molecule has 2 nitrogen and oxygen atoms in total. The van der Waals surface area contributed by atoms with Crippen molar-refractivity contribution < 1.29 is 0 Å². The van der Waals surface area contributed by atoms with E-state index in [2.05, 4.69) is 350 Å². The van der Waals surface area contributed by atoms with Crippen LogP contribution in [0.3, 0.4) is 0 Å². The molecule has 378 valence electrons. The van der Waals surface area contributed by atoms with Crippen molar-refractivity contribution in [1.82, 2.24) is 0 Å². The second kappa shape index (κ2) is 22.6. The van der Waals surface area contributed by atoms with Crippen LogP contribution in [0, 0.1) is 0 Å². The number of hydrogen-bond acceptors (Lipinski definition) is 2. The molecule has 0 radical (unpaired) electrons. The quantitative estimate of drug-likeness (QED) is 0.0791. The molecule has 0 unspecified atom stereocenters. The van der Waals surface area contributed by atoms with E-state index in [0.717, 1.165) is 89.0 Å². The van der Waals surface area contributed by atoms with Crippen LogP contribution in [0.5, 0.6) is 0 Å². The molecule has 0 bridgehead atoms. The monoisotopic (exact) mass is 1020 g/mol. The number of benzene rings is 13. The van der Waals surface area contributed by atoms with E-state index in [-0.39, 0.29) is 0 Å². The van der Waals surface area contributed by atoms with Gasteiger partial charge in [0.15, 0.2) is 0 Å². The summed E-state index contributed by atoms with van der Waals surface area (Å²) in [6, 6.07) is 114. The molecule has 2 heteroatoms. The molecule has 0 saturated carbocycles. The van der Waals surface area contributed by atoms with Crippen molar-refractivity contribution in [2.45, 2.75) is 0 Å². The number of anilines is 6. The molecule has 0 heterocycles. The Kier molecular flexibility index (Phi) is 13.8. The van der Waals surface area contributed by atoms with Gasteiger partial charge in [-0.15, -0.1) is 0 Å². The standard InChI is InChI=1S/C78H56N2/c1-7-21-57(22-8-1)37-39-59-25-19-31-65(53-59)77-73-51-49-72(80(68-35-17-6-18-36-68)70-47-43-64(44-48-70)62-29-13-4-14-30-62)56-76(73)78(66-32-20-26-60(54-66)40-38-58-23-9-2-10-24-58)74-52-50-71(55-75(74)77)79(67-33-15-5-16-34-67)69-45-41-63(42-46-69)61-27-11-3-12-28-61/h1-56H/b39-37+,40-38+. The molecule has 0 aliphatic rings. The molecule has 0 aliphatic heterocycles. The summed E-state index contributed by atoms with van der Waals surface area (Å²) in [5, 5.41) is 4.64. The van der Waals surface area contributed by atoms with E-state index in [1.165, 1.54) is 33.4 Å². The summed E-state index contributed by atoms with van der Waals surface area (Å²) in [6.07, 6.45) is 8.86. The molecular formula is C78H56N2. The first kappa shape index (κ1) is 49.1. The fourth-order valence-corrected chi connectivity index (χ4v) is 11.1. The van der Waals surface area contributed by atoms with Gasteiger partial charge >= 0.3 is 0 Å². The SMILES string of the molecule is C(=C\c1cccc(-c2c3ccc(N(c4ccccc4)c4ccc(-c5ccccc5)cc4)cc3c(-c3cccc(/C=C/c4ccccc4)c3)c3ccc(N(c4ccccc4)c4ccc(-c5ccccc5)cc4)cc23)c1)/c1ccccc1. The summed E-state index contributed by atoms with van der Waals surface area (Å²) >= 11 is 0. The van der Waals surface area contributed by atoms with Crippen molar-refractivity contribution in [3.05, 3.63) is 338 Å². The Morgan fingerprint density at radius 3 is 0.825 bits per heavy atom. The molecular weight excluding hydrogens is 965 g/mol. The van der Waals surface area contributed by atoms with Crippen LogP contribution in [0.1, 0.15) is 22.3 Å². The smallest absolute Gasteiger partial charge is 0.0468 e. The van der Waals surface area contributed by atoms with Crippen molar-refractivity contribution in [2.75, 3.05) is 9.80 Å². The summed E-state index contributed by atoms with van der Waals surface area (Å²) in [7, 11) is 0. The summed E-state index contributed by atoms with van der Waals surface area (Å²) in [5.74, 6) is 0. The van der Waals surface area contributed by atoms with Gasteiger partial charge in [0.2, 0.25) is 0 Å². The second-order valence-electron chi connectivity index (χ2n) is 20.1. The van der Waals surface area contributed by atoms with Crippen LogP contribution >= 0.6 is 0 Å². The van der Waals surface area contributed by atoms with E-state index in [9.17, 15) is 0 Å². The summed E-state index contributed by atoms with van der Waals surface area (Å²) in [4.78, 5) is 4.78. The maximum Gasteiger partial charge on any atom is 0.0468 e. The van der Waals surface area contributed by atoms with E-state index in [1.54, 1.807) is 0 Å². The van der Waals surface area contributed by atoms with Gasteiger partial charge in [0.25, 0.3) is 0 Å². The van der Waals surface area contributed by atoms with Crippen LogP contribution in [0.4, 0.5) is 34.1 Å². The molecule has 0 aliphatic carbocycles. The highest BCUT2D eigenvalue weighted by atomic mass is 15.1. The Balaban J connectivity index is 1.07. The predicted octanol–water partition coefficient (Wildman–Crippen LogP) is 21.9. The molecule has 0 spiro atoms. The zero-order valence-corrected chi connectivity index (χ0v) is 44.2. The van der Waals surface area contributed by atoms with E-state index in [0.29, 0.717) is 0 Å². The lowest BCUT2D eigenvalue weighted by Crippen LogP contribution is -2.10. The van der Waals surface area contributed by atoms with Crippen LogP contribution < -0.4 is 9.80 Å². The Labute approximate surface area is 469 Å². The zero-order valence-electron chi connectivity index (χ0n) is 44.2. The van der Waals surface area contributed by atoms with Crippen molar-refractivity contribution in [1.29, 1.82) is 0 Å². The summed E-state index contributed by atoms with van der Waals surface area (Å²) < 4.78 is 0. The first-order valence-electron chi connectivity index (χ1n) is 27.4. The number of rotatable bonds is 14. The minimum absolute atomic E-state index is 1.06. The van der Waals surface area contributed by atoms with Gasteiger partial charge in [-0.25, -0.2) is 0 Å². The lowest BCUT2D eigenvalue weighted by Gasteiger charge is -2.28. The number of nitrogens with zero attached hydrogens (tertiary/aromatic N) is 2. The minimum atomic E-state index is 1.06. The first-order valence-corrected chi connectivity index (χ1v) is 27.4. The molecule has 80 heavy (non-hydrogen) atoms. The van der Waals surface area contributed by atoms with Crippen LogP contribution in [-0.2, 0) is 0 Å². The molecule has 0 N–H and O–H groups in total. The number of para-hydroxylation sites is 2. The normalized spacial score (nSPS) is 11.4. The van der Waals surface area contributed by atoms with E-state index in [4.69, 9.17) is 0 Å². The molecule has 0 fully saturated rings. The molecule has 13 aromatic rings. The minimum Gasteiger partial charge on any atom is -0.310 e. The lowest BCUT2D eigenvalue weighted by atomic mass is 9.84. The maximum atomic E-state index is 2.43. The Hall–Kier alpha value is -10.5. The van der Waals surface area contributed by atoms with Crippen LogP contribution in [-0.4, -0.2) is 0 Å². The first-order chi connectivity index (χ1) is 39.7. The zero-order chi connectivity index (χ0) is 53.5. The average Bonchev–Trinajstić information content (AvgIpc) is 3.69.